The number of aromatic amines is 1. The molecule has 1 fully saturated rings. The lowest BCUT2D eigenvalue weighted by Crippen LogP contribution is -2.33. The molecule has 104 valence electrons. The molecule has 0 bridgehead atoms. The first-order valence-electron chi connectivity index (χ1n) is 5.74. The zero-order valence-electron chi connectivity index (χ0n) is 10.2. The lowest BCUT2D eigenvalue weighted by atomic mass is 10.2. The number of aryl methyl sites for hydroxylation is 1. The molecule has 2 heterocycles. The van der Waals surface area contributed by atoms with Gasteiger partial charge >= 0.3 is 13.9 Å². The standard InChI is InChI=1S/C10H13N2O6P/c1-6-4-12(10(14)11-9(6)13)8-3-2-7(18-8)5-17-19(15)16/h4,7-8H,2-3,5H2,1H3,(H-,11,13,14,15,16)/p+1. The second-order valence-electron chi connectivity index (χ2n) is 4.30. The third-order valence-electron chi connectivity index (χ3n) is 2.91. The Balaban J connectivity index is 2.09. The first kappa shape index (κ1) is 14.1. The summed E-state index contributed by atoms with van der Waals surface area (Å²) in [5, 5.41) is 0. The normalized spacial score (nSPS) is 23.6. The lowest BCUT2D eigenvalue weighted by molar-refractivity contribution is -0.0204. The predicted octanol–water partition coefficient (Wildman–Crippen LogP) is 0.189. The molecule has 0 saturated carbocycles. The molecule has 9 heteroatoms. The third kappa shape index (κ3) is 3.36. The molecule has 1 aliphatic heterocycles. The fraction of sp³-hybridized carbons (Fsp3) is 0.600. The summed E-state index contributed by atoms with van der Waals surface area (Å²) < 4.78 is 21.9. The molecule has 0 amide bonds. The van der Waals surface area contributed by atoms with Crippen LogP contribution in [0.15, 0.2) is 15.8 Å². The van der Waals surface area contributed by atoms with Crippen LogP contribution in [-0.2, 0) is 13.8 Å². The van der Waals surface area contributed by atoms with Crippen LogP contribution in [-0.4, -0.2) is 27.2 Å². The minimum Gasteiger partial charge on any atom is -0.352 e. The topological polar surface area (TPSA) is 111 Å². The molecule has 0 aromatic carbocycles. The quantitative estimate of drug-likeness (QED) is 0.765. The van der Waals surface area contributed by atoms with Crippen molar-refractivity contribution in [3.8, 4) is 0 Å². The molecule has 1 aliphatic rings. The number of nitrogens with zero attached hydrogens (tertiary/aromatic N) is 1. The van der Waals surface area contributed by atoms with Crippen molar-refractivity contribution in [3.05, 3.63) is 32.6 Å². The summed E-state index contributed by atoms with van der Waals surface area (Å²) in [5.41, 5.74) is -0.534. The van der Waals surface area contributed by atoms with Gasteiger partial charge in [-0.05, 0) is 19.8 Å². The molecule has 1 aromatic rings. The van der Waals surface area contributed by atoms with Gasteiger partial charge in [-0.25, -0.2) is 4.79 Å². The number of rotatable bonds is 4. The molecule has 0 spiro atoms. The Morgan fingerprint density at radius 2 is 2.32 bits per heavy atom. The van der Waals surface area contributed by atoms with Gasteiger partial charge in [0.1, 0.15) is 12.8 Å². The van der Waals surface area contributed by atoms with E-state index < -0.39 is 25.7 Å². The van der Waals surface area contributed by atoms with E-state index in [1.165, 1.54) is 10.8 Å². The van der Waals surface area contributed by atoms with Crippen molar-refractivity contribution < 1.29 is 18.7 Å². The molecule has 1 saturated heterocycles. The summed E-state index contributed by atoms with van der Waals surface area (Å²) in [6.45, 7) is 1.60. The number of aromatic nitrogens is 2. The number of hydrogen-bond donors (Lipinski definition) is 2. The van der Waals surface area contributed by atoms with Crippen LogP contribution in [0.5, 0.6) is 0 Å². The van der Waals surface area contributed by atoms with E-state index >= 15 is 0 Å². The maximum absolute atomic E-state index is 11.7. The molecule has 3 unspecified atom stereocenters. The number of hydrogen-bond acceptors (Lipinski definition) is 5. The summed E-state index contributed by atoms with van der Waals surface area (Å²) in [6, 6.07) is 0. The predicted molar refractivity (Wildman–Crippen MR) is 65.0 cm³/mol. The monoisotopic (exact) mass is 289 g/mol. The molecular weight excluding hydrogens is 275 g/mol. The van der Waals surface area contributed by atoms with Gasteiger partial charge in [0.25, 0.3) is 5.56 Å². The van der Waals surface area contributed by atoms with Gasteiger partial charge in [-0.1, -0.05) is 0 Å². The Morgan fingerprint density at radius 3 is 3.00 bits per heavy atom. The molecule has 19 heavy (non-hydrogen) atoms. The third-order valence-corrected chi connectivity index (χ3v) is 3.28. The lowest BCUT2D eigenvalue weighted by Gasteiger charge is -2.14. The van der Waals surface area contributed by atoms with Gasteiger partial charge in [-0.3, -0.25) is 14.3 Å². The van der Waals surface area contributed by atoms with Crippen LogP contribution in [0.25, 0.3) is 0 Å². The van der Waals surface area contributed by atoms with Crippen molar-refractivity contribution >= 4 is 8.25 Å². The van der Waals surface area contributed by atoms with Crippen LogP contribution in [0.4, 0.5) is 0 Å². The van der Waals surface area contributed by atoms with Crippen LogP contribution < -0.4 is 11.2 Å². The number of nitrogens with one attached hydrogen (secondary N) is 1. The van der Waals surface area contributed by atoms with Crippen LogP contribution in [0, 0.1) is 6.92 Å². The Labute approximate surface area is 108 Å². The van der Waals surface area contributed by atoms with Crippen molar-refractivity contribution in [1.29, 1.82) is 0 Å². The van der Waals surface area contributed by atoms with Crippen molar-refractivity contribution in [2.75, 3.05) is 6.61 Å². The maximum Gasteiger partial charge on any atom is 0.694 e. The maximum atomic E-state index is 11.7. The van der Waals surface area contributed by atoms with Crippen LogP contribution >= 0.6 is 8.25 Å². The highest BCUT2D eigenvalue weighted by molar-refractivity contribution is 7.32. The fourth-order valence-corrected chi connectivity index (χ4v) is 2.25. The molecule has 0 aliphatic carbocycles. The van der Waals surface area contributed by atoms with E-state index in [1.807, 2.05) is 0 Å². The molecule has 1 aromatic heterocycles. The SMILES string of the molecule is Cc1cn(C2CCC(CO[P+](=O)O)O2)c(=O)[nH]c1=O. The van der Waals surface area contributed by atoms with Gasteiger partial charge in [0.15, 0.2) is 0 Å². The molecule has 2 rings (SSSR count). The van der Waals surface area contributed by atoms with E-state index in [0.29, 0.717) is 18.4 Å². The van der Waals surface area contributed by atoms with E-state index in [-0.39, 0.29) is 12.7 Å². The molecular formula is C10H14N2O6P+. The van der Waals surface area contributed by atoms with Gasteiger partial charge in [-0.15, -0.1) is 9.42 Å². The number of ether oxygens (including phenoxy) is 1. The minimum absolute atomic E-state index is 0.000705. The van der Waals surface area contributed by atoms with Gasteiger partial charge in [0, 0.05) is 16.3 Å². The van der Waals surface area contributed by atoms with Gasteiger partial charge < -0.3 is 4.74 Å². The van der Waals surface area contributed by atoms with Gasteiger partial charge in [-0.2, -0.15) is 0 Å². The summed E-state index contributed by atoms with van der Waals surface area (Å²) in [7, 11) is -2.65. The average molecular weight is 289 g/mol. The number of H-pyrrole nitrogens is 1. The first-order valence-corrected chi connectivity index (χ1v) is 6.87. The average Bonchev–Trinajstić information content (AvgIpc) is 2.80. The highest BCUT2D eigenvalue weighted by Crippen LogP contribution is 2.28. The Morgan fingerprint density at radius 1 is 1.58 bits per heavy atom. The minimum atomic E-state index is -2.65. The zero-order valence-corrected chi connectivity index (χ0v) is 11.1. The first-order chi connectivity index (χ1) is 8.97. The molecule has 2 N–H and O–H groups in total. The van der Waals surface area contributed by atoms with E-state index in [0.717, 1.165) is 0 Å². The highest BCUT2D eigenvalue weighted by Gasteiger charge is 2.30. The summed E-state index contributed by atoms with van der Waals surface area (Å²) in [4.78, 5) is 33.7. The van der Waals surface area contributed by atoms with E-state index in [1.54, 1.807) is 6.92 Å². The Kier molecular flexibility index (Phi) is 4.26. The fourth-order valence-electron chi connectivity index (χ4n) is 1.96. The molecule has 0 radical (unpaired) electrons. The summed E-state index contributed by atoms with van der Waals surface area (Å²) >= 11 is 0. The van der Waals surface area contributed by atoms with Crippen LogP contribution in [0.3, 0.4) is 0 Å². The highest BCUT2D eigenvalue weighted by atomic mass is 31.1. The summed E-state index contributed by atoms with van der Waals surface area (Å²) in [5.74, 6) is 0. The van der Waals surface area contributed by atoms with E-state index in [2.05, 4.69) is 9.51 Å². The molecule has 8 nitrogen and oxygen atoms in total. The van der Waals surface area contributed by atoms with Gasteiger partial charge in [0.05, 0.1) is 6.10 Å². The van der Waals surface area contributed by atoms with Crippen molar-refractivity contribution in [3.63, 3.8) is 0 Å². The largest absolute Gasteiger partial charge is 0.694 e. The van der Waals surface area contributed by atoms with Crippen LogP contribution in [0.1, 0.15) is 24.6 Å². The van der Waals surface area contributed by atoms with Gasteiger partial charge in [0.2, 0.25) is 0 Å². The smallest absolute Gasteiger partial charge is 0.352 e. The van der Waals surface area contributed by atoms with Crippen molar-refractivity contribution in [2.24, 2.45) is 0 Å². The van der Waals surface area contributed by atoms with E-state index in [4.69, 9.17) is 9.63 Å². The second-order valence-corrected chi connectivity index (χ2v) is 5.04. The van der Waals surface area contributed by atoms with Crippen molar-refractivity contribution in [2.45, 2.75) is 32.1 Å². The summed E-state index contributed by atoms with van der Waals surface area (Å²) in [6.07, 6.45) is 1.80. The Hall–Kier alpha value is -1.34. The molecule has 3 atom stereocenters. The second kappa shape index (κ2) is 5.75. The van der Waals surface area contributed by atoms with Crippen molar-refractivity contribution in [1.82, 2.24) is 9.55 Å². The Bertz CT molecular complexity index is 594. The van der Waals surface area contributed by atoms with E-state index in [9.17, 15) is 14.2 Å². The van der Waals surface area contributed by atoms with Crippen LogP contribution in [0.2, 0.25) is 0 Å². The zero-order chi connectivity index (χ0) is 14.0.